The Kier molecular flexibility index (Phi) is 5.79. The summed E-state index contributed by atoms with van der Waals surface area (Å²) in [4.78, 5) is 18.9. The van der Waals surface area contributed by atoms with E-state index in [1.54, 1.807) is 0 Å². The molecule has 150 valence electrons. The number of aryl methyl sites for hydroxylation is 2. The second-order valence-electron chi connectivity index (χ2n) is 5.55. The van der Waals surface area contributed by atoms with Gasteiger partial charge < -0.3 is 0 Å². The van der Waals surface area contributed by atoms with Crippen LogP contribution in [0.2, 0.25) is 0 Å². The van der Waals surface area contributed by atoms with Crippen molar-refractivity contribution in [1.29, 1.82) is 0 Å². The number of nitro benzene ring substituents is 2. The molecular weight excluding hydrogens is 420 g/mol. The van der Waals surface area contributed by atoms with E-state index in [2.05, 4.69) is 0 Å². The molecule has 0 radical (unpaired) electrons. The minimum Gasteiger partial charge on any atom is -0.282 e. The van der Waals surface area contributed by atoms with Gasteiger partial charge >= 0.3 is 0 Å². The zero-order chi connectivity index (χ0) is 21.3. The van der Waals surface area contributed by atoms with Crippen molar-refractivity contribution >= 4 is 31.6 Å². The first-order valence-electron chi connectivity index (χ1n) is 7.30. The Morgan fingerprint density at radius 2 is 1.04 bits per heavy atom. The Morgan fingerprint density at radius 1 is 0.714 bits per heavy atom. The van der Waals surface area contributed by atoms with Gasteiger partial charge in [0.15, 0.2) is 0 Å². The lowest BCUT2D eigenvalue weighted by atomic mass is 10.0. The maximum Gasteiger partial charge on any atom is 0.294 e. The summed E-state index contributed by atoms with van der Waals surface area (Å²) >= 11 is 0. The van der Waals surface area contributed by atoms with Crippen LogP contribution in [0.5, 0.6) is 0 Å². The molecule has 0 fully saturated rings. The van der Waals surface area contributed by atoms with Gasteiger partial charge in [-0.1, -0.05) is 0 Å². The molecule has 0 bridgehead atoms. The van der Waals surface area contributed by atoms with Crippen molar-refractivity contribution in [2.24, 2.45) is 0 Å². The van der Waals surface area contributed by atoms with Crippen molar-refractivity contribution in [2.45, 2.75) is 22.6 Å². The highest BCUT2D eigenvalue weighted by Gasteiger charge is 2.22. The van der Waals surface area contributed by atoms with E-state index in [1.165, 1.54) is 0 Å². The van der Waals surface area contributed by atoms with E-state index in [0.717, 1.165) is 36.4 Å². The normalized spacial score (nSPS) is 11.9. The third-order valence-electron chi connectivity index (χ3n) is 3.73. The number of hydrogen-bond acceptors (Lipinski definition) is 8. The van der Waals surface area contributed by atoms with Gasteiger partial charge in [-0.25, -0.2) is 0 Å². The lowest BCUT2D eigenvalue weighted by molar-refractivity contribution is -0.385. The average molecular weight is 432 g/mol. The van der Waals surface area contributed by atoms with Gasteiger partial charge in [0, 0.05) is 24.3 Å². The van der Waals surface area contributed by atoms with Crippen LogP contribution in [0.1, 0.15) is 11.1 Å². The highest BCUT2D eigenvalue weighted by Crippen LogP contribution is 2.27. The fraction of sp³-hybridized carbons (Fsp3) is 0.143. The summed E-state index contributed by atoms with van der Waals surface area (Å²) in [6, 6.07) is 5.13. The average Bonchev–Trinajstić information content (AvgIpc) is 2.57. The molecule has 0 atom stereocenters. The molecule has 2 aromatic rings. The molecule has 0 saturated heterocycles. The molecule has 0 aliphatic rings. The highest BCUT2D eigenvalue weighted by atomic mass is 32.2. The first kappa shape index (κ1) is 21.4. The largest absolute Gasteiger partial charge is 0.294 e. The summed E-state index contributed by atoms with van der Waals surface area (Å²) in [7, 11) is -9.48. The van der Waals surface area contributed by atoms with E-state index in [9.17, 15) is 46.2 Å². The minimum atomic E-state index is -4.74. The van der Waals surface area contributed by atoms with Crippen molar-refractivity contribution in [1.82, 2.24) is 0 Å². The Labute approximate surface area is 158 Å². The van der Waals surface area contributed by atoms with E-state index < -0.39 is 51.2 Å². The van der Waals surface area contributed by atoms with Crippen LogP contribution in [-0.4, -0.2) is 35.8 Å². The maximum absolute atomic E-state index is 11.5. The van der Waals surface area contributed by atoms with E-state index in [4.69, 9.17) is 0 Å². The van der Waals surface area contributed by atoms with Gasteiger partial charge in [-0.05, 0) is 36.1 Å². The topological polar surface area (TPSA) is 195 Å². The first-order chi connectivity index (χ1) is 12.8. The molecule has 0 spiro atoms. The highest BCUT2D eigenvalue weighted by molar-refractivity contribution is 7.86. The number of hydrogen-bond donors (Lipinski definition) is 2. The fourth-order valence-electron chi connectivity index (χ4n) is 2.52. The summed E-state index contributed by atoms with van der Waals surface area (Å²) in [5.74, 6) is 0. The van der Waals surface area contributed by atoms with Gasteiger partial charge in [0.25, 0.3) is 31.6 Å². The van der Waals surface area contributed by atoms with Crippen LogP contribution in [0.25, 0.3) is 0 Å². The standard InChI is InChI=1S/C14H12N2O10S2/c17-15(18)11-3-5-13(27(21,22)23)9(7-11)1-2-10-8-12(16(19)20)4-6-14(10)28(24,25)26/h3-8H,1-2H2,(H,21,22,23)(H,24,25,26). The van der Waals surface area contributed by atoms with Gasteiger partial charge in [0.2, 0.25) is 0 Å². The summed E-state index contributed by atoms with van der Waals surface area (Å²) in [6.07, 6.45) is -0.666. The van der Waals surface area contributed by atoms with E-state index in [0.29, 0.717) is 0 Å². The predicted molar refractivity (Wildman–Crippen MR) is 93.2 cm³/mol. The third kappa shape index (κ3) is 4.86. The lowest BCUT2D eigenvalue weighted by Crippen LogP contribution is -2.08. The molecule has 2 rings (SSSR count). The van der Waals surface area contributed by atoms with Crippen LogP contribution in [0.3, 0.4) is 0 Å². The molecular formula is C14H12N2O10S2. The van der Waals surface area contributed by atoms with E-state index in [-0.39, 0.29) is 24.0 Å². The van der Waals surface area contributed by atoms with Crippen molar-refractivity contribution in [3.05, 3.63) is 67.8 Å². The molecule has 12 nitrogen and oxygen atoms in total. The molecule has 14 heteroatoms. The van der Waals surface area contributed by atoms with Crippen LogP contribution < -0.4 is 0 Å². The molecule has 0 unspecified atom stereocenters. The van der Waals surface area contributed by atoms with Crippen LogP contribution in [0.4, 0.5) is 11.4 Å². The van der Waals surface area contributed by atoms with Crippen LogP contribution in [-0.2, 0) is 33.1 Å². The van der Waals surface area contributed by atoms with Crippen molar-refractivity contribution < 1.29 is 35.8 Å². The maximum atomic E-state index is 11.5. The molecule has 0 heterocycles. The van der Waals surface area contributed by atoms with E-state index in [1.807, 2.05) is 0 Å². The number of non-ortho nitro benzene ring substituents is 2. The Bertz CT molecular complexity index is 1080. The van der Waals surface area contributed by atoms with Gasteiger partial charge in [-0.2, -0.15) is 16.8 Å². The third-order valence-corrected chi connectivity index (χ3v) is 5.64. The number of nitrogens with zero attached hydrogens (tertiary/aromatic N) is 2. The lowest BCUT2D eigenvalue weighted by Gasteiger charge is -2.10. The minimum absolute atomic E-state index is 0.204. The smallest absolute Gasteiger partial charge is 0.282 e. The predicted octanol–water partition coefficient (Wildman–Crippen LogP) is 1.78. The summed E-state index contributed by atoms with van der Waals surface area (Å²) in [5.41, 5.74) is -1.36. The van der Waals surface area contributed by atoms with Gasteiger partial charge in [0.1, 0.15) is 0 Å². The molecule has 0 aromatic heterocycles. The second-order valence-corrected chi connectivity index (χ2v) is 8.33. The van der Waals surface area contributed by atoms with Crippen molar-refractivity contribution in [2.75, 3.05) is 0 Å². The van der Waals surface area contributed by atoms with Gasteiger partial charge in [0.05, 0.1) is 19.6 Å². The van der Waals surface area contributed by atoms with Crippen molar-refractivity contribution in [3.63, 3.8) is 0 Å². The van der Waals surface area contributed by atoms with E-state index >= 15 is 0 Å². The number of nitro groups is 2. The summed E-state index contributed by atoms with van der Waals surface area (Å²) in [5, 5.41) is 21.8. The zero-order valence-electron chi connectivity index (χ0n) is 13.7. The first-order valence-corrected chi connectivity index (χ1v) is 10.2. The molecule has 2 aromatic carbocycles. The summed E-state index contributed by atoms with van der Waals surface area (Å²) < 4.78 is 64.5. The van der Waals surface area contributed by atoms with Crippen LogP contribution >= 0.6 is 0 Å². The molecule has 0 aliphatic carbocycles. The monoisotopic (exact) mass is 432 g/mol. The quantitative estimate of drug-likeness (QED) is 0.369. The fourth-order valence-corrected chi connectivity index (χ4v) is 3.99. The molecule has 2 N–H and O–H groups in total. The van der Waals surface area contributed by atoms with Crippen LogP contribution in [0, 0.1) is 20.2 Å². The van der Waals surface area contributed by atoms with Gasteiger partial charge in [-0.3, -0.25) is 29.3 Å². The Balaban J connectivity index is 2.54. The van der Waals surface area contributed by atoms with Crippen molar-refractivity contribution in [3.8, 4) is 0 Å². The zero-order valence-corrected chi connectivity index (χ0v) is 15.4. The van der Waals surface area contributed by atoms with Crippen LogP contribution in [0.15, 0.2) is 46.2 Å². The summed E-state index contributed by atoms with van der Waals surface area (Å²) in [6.45, 7) is 0. The molecule has 0 aliphatic heterocycles. The SMILES string of the molecule is O=[N+]([O-])c1ccc(S(=O)(=O)O)c(CCc2cc([N+](=O)[O-])ccc2S(=O)(=O)O)c1. The van der Waals surface area contributed by atoms with Gasteiger partial charge in [-0.15, -0.1) is 0 Å². The Hall–Kier alpha value is -2.94. The molecule has 0 amide bonds. The Morgan fingerprint density at radius 3 is 1.29 bits per heavy atom. The molecule has 28 heavy (non-hydrogen) atoms. The number of benzene rings is 2. The second kappa shape index (κ2) is 7.59. The number of rotatable bonds is 7. The molecule has 0 saturated carbocycles.